The zero-order valence-electron chi connectivity index (χ0n) is 7.71. The lowest BCUT2D eigenvalue weighted by Crippen LogP contribution is -2.10. The molecule has 0 saturated heterocycles. The molecular formula is C10H15NO. The summed E-state index contributed by atoms with van der Waals surface area (Å²) in [6.45, 7) is 2.23. The minimum absolute atomic E-state index is 0.627. The van der Waals surface area contributed by atoms with Gasteiger partial charge < -0.3 is 0 Å². The Balaban J connectivity index is 2.70. The highest BCUT2D eigenvalue weighted by Gasteiger charge is 2.12. The van der Waals surface area contributed by atoms with E-state index in [9.17, 15) is 4.79 Å². The van der Waals surface area contributed by atoms with E-state index < -0.39 is 0 Å². The smallest absolute Gasteiger partial charge is 0.168 e. The summed E-state index contributed by atoms with van der Waals surface area (Å²) in [5, 5.41) is 0. The average molecular weight is 165 g/mol. The maximum absolute atomic E-state index is 10.5. The Morgan fingerprint density at radius 3 is 2.92 bits per heavy atom. The topological polar surface area (TPSA) is 29.4 Å². The van der Waals surface area contributed by atoms with Crippen molar-refractivity contribution in [2.75, 3.05) is 7.05 Å². The number of aldehydes is 1. The van der Waals surface area contributed by atoms with Crippen LogP contribution in [0.3, 0.4) is 0 Å². The third kappa shape index (κ3) is 2.03. The van der Waals surface area contributed by atoms with E-state index in [-0.39, 0.29) is 0 Å². The Kier molecular flexibility index (Phi) is 3.20. The summed E-state index contributed by atoms with van der Waals surface area (Å²) in [5.74, 6) is 0.763. The highest BCUT2D eigenvalue weighted by Crippen LogP contribution is 2.23. The van der Waals surface area contributed by atoms with E-state index >= 15 is 0 Å². The van der Waals surface area contributed by atoms with E-state index in [2.05, 4.69) is 18.0 Å². The second kappa shape index (κ2) is 4.19. The first-order valence-corrected chi connectivity index (χ1v) is 4.39. The summed E-state index contributed by atoms with van der Waals surface area (Å²) in [6, 6.07) is 0. The number of rotatable bonds is 2. The second-order valence-electron chi connectivity index (χ2n) is 3.34. The van der Waals surface area contributed by atoms with E-state index in [1.54, 1.807) is 7.05 Å². The number of allylic oxidation sites excluding steroid dienone is 2. The molecule has 0 saturated carbocycles. The molecule has 0 heterocycles. The first-order valence-electron chi connectivity index (χ1n) is 4.39. The molecule has 66 valence electrons. The van der Waals surface area contributed by atoms with Crippen LogP contribution in [0.25, 0.3) is 0 Å². The highest BCUT2D eigenvalue weighted by molar-refractivity contribution is 6.36. The molecule has 0 amide bonds. The van der Waals surface area contributed by atoms with E-state index in [0.29, 0.717) is 5.71 Å². The number of hydrogen-bond donors (Lipinski definition) is 0. The molecule has 1 aliphatic rings. The van der Waals surface area contributed by atoms with Gasteiger partial charge in [0.1, 0.15) is 0 Å². The maximum atomic E-state index is 10.5. The summed E-state index contributed by atoms with van der Waals surface area (Å²) in [5.41, 5.74) is 1.76. The van der Waals surface area contributed by atoms with Crippen LogP contribution in [0.2, 0.25) is 0 Å². The number of carbonyl (C=O) groups is 1. The molecule has 0 aromatic carbocycles. The van der Waals surface area contributed by atoms with Crippen LogP contribution in [0.5, 0.6) is 0 Å². The Labute approximate surface area is 73.4 Å². The Morgan fingerprint density at radius 2 is 2.50 bits per heavy atom. The van der Waals surface area contributed by atoms with Gasteiger partial charge in [-0.15, -0.1) is 0 Å². The third-order valence-corrected chi connectivity index (χ3v) is 2.35. The molecule has 2 nitrogen and oxygen atoms in total. The van der Waals surface area contributed by atoms with Crippen LogP contribution in [0.4, 0.5) is 0 Å². The molecule has 0 radical (unpaired) electrons. The van der Waals surface area contributed by atoms with E-state index in [0.717, 1.165) is 30.6 Å². The molecule has 1 atom stereocenters. The van der Waals surface area contributed by atoms with Crippen molar-refractivity contribution in [2.24, 2.45) is 10.9 Å². The SMILES string of the molecule is CN=C(C=O)C1=CCC(C)CC1. The molecule has 1 unspecified atom stereocenters. The van der Waals surface area contributed by atoms with Gasteiger partial charge in [-0.2, -0.15) is 0 Å². The third-order valence-electron chi connectivity index (χ3n) is 2.35. The van der Waals surface area contributed by atoms with Crippen molar-refractivity contribution >= 4 is 12.0 Å². The van der Waals surface area contributed by atoms with Gasteiger partial charge >= 0.3 is 0 Å². The van der Waals surface area contributed by atoms with Crippen molar-refractivity contribution in [3.63, 3.8) is 0 Å². The monoisotopic (exact) mass is 165 g/mol. The van der Waals surface area contributed by atoms with Gasteiger partial charge in [0.15, 0.2) is 6.29 Å². The summed E-state index contributed by atoms with van der Waals surface area (Å²) < 4.78 is 0. The fourth-order valence-corrected chi connectivity index (χ4v) is 1.47. The quantitative estimate of drug-likeness (QED) is 0.454. The minimum atomic E-state index is 0.627. The van der Waals surface area contributed by atoms with Crippen molar-refractivity contribution in [2.45, 2.75) is 26.2 Å². The zero-order chi connectivity index (χ0) is 8.97. The van der Waals surface area contributed by atoms with Gasteiger partial charge in [-0.25, -0.2) is 0 Å². The molecule has 1 rings (SSSR count). The summed E-state index contributed by atoms with van der Waals surface area (Å²) in [4.78, 5) is 14.5. The first kappa shape index (κ1) is 9.17. The fourth-order valence-electron chi connectivity index (χ4n) is 1.47. The molecule has 2 heteroatoms. The summed E-state index contributed by atoms with van der Waals surface area (Å²) in [7, 11) is 1.67. The van der Waals surface area contributed by atoms with Crippen molar-refractivity contribution in [1.29, 1.82) is 0 Å². The van der Waals surface area contributed by atoms with E-state index in [4.69, 9.17) is 0 Å². The zero-order valence-corrected chi connectivity index (χ0v) is 7.71. The molecule has 0 aromatic heterocycles. The average Bonchev–Trinajstić information content (AvgIpc) is 2.10. The van der Waals surface area contributed by atoms with E-state index in [1.165, 1.54) is 6.42 Å². The number of hydrogen-bond acceptors (Lipinski definition) is 2. The van der Waals surface area contributed by atoms with Gasteiger partial charge in [0.25, 0.3) is 0 Å². The molecule has 0 fully saturated rings. The van der Waals surface area contributed by atoms with Crippen molar-refractivity contribution in [3.8, 4) is 0 Å². The molecule has 12 heavy (non-hydrogen) atoms. The van der Waals surface area contributed by atoms with Gasteiger partial charge in [-0.1, -0.05) is 13.0 Å². The Bertz CT molecular complexity index is 228. The van der Waals surface area contributed by atoms with Gasteiger partial charge in [0.05, 0.1) is 5.71 Å². The lowest BCUT2D eigenvalue weighted by Gasteiger charge is -2.17. The first-order chi connectivity index (χ1) is 5.77. The molecular weight excluding hydrogens is 150 g/mol. The Morgan fingerprint density at radius 1 is 1.75 bits per heavy atom. The summed E-state index contributed by atoms with van der Waals surface area (Å²) in [6.07, 6.45) is 6.26. The van der Waals surface area contributed by atoms with Crippen LogP contribution < -0.4 is 0 Å². The van der Waals surface area contributed by atoms with Crippen molar-refractivity contribution in [3.05, 3.63) is 11.6 Å². The number of nitrogens with zero attached hydrogens (tertiary/aromatic N) is 1. The van der Waals surface area contributed by atoms with Crippen LogP contribution in [0.1, 0.15) is 26.2 Å². The second-order valence-corrected chi connectivity index (χ2v) is 3.34. The van der Waals surface area contributed by atoms with Crippen molar-refractivity contribution < 1.29 is 4.79 Å². The predicted octanol–water partition coefficient (Wildman–Crippen LogP) is 2.00. The highest BCUT2D eigenvalue weighted by atomic mass is 16.1. The van der Waals surface area contributed by atoms with Crippen molar-refractivity contribution in [1.82, 2.24) is 0 Å². The maximum Gasteiger partial charge on any atom is 0.168 e. The van der Waals surface area contributed by atoms with Crippen LogP contribution in [-0.4, -0.2) is 19.0 Å². The number of aliphatic imine (C=N–C) groups is 1. The summed E-state index contributed by atoms with van der Waals surface area (Å²) >= 11 is 0. The van der Waals surface area contributed by atoms with Gasteiger partial charge in [0.2, 0.25) is 0 Å². The molecule has 0 bridgehead atoms. The fraction of sp³-hybridized carbons (Fsp3) is 0.600. The largest absolute Gasteiger partial charge is 0.296 e. The molecule has 0 N–H and O–H groups in total. The van der Waals surface area contributed by atoms with Crippen LogP contribution in [-0.2, 0) is 4.79 Å². The Hall–Kier alpha value is -0.920. The minimum Gasteiger partial charge on any atom is -0.296 e. The molecule has 0 spiro atoms. The molecule has 0 aromatic rings. The van der Waals surface area contributed by atoms with Gasteiger partial charge in [-0.05, 0) is 30.8 Å². The van der Waals surface area contributed by atoms with Gasteiger partial charge in [0, 0.05) is 7.05 Å². The molecule has 1 aliphatic carbocycles. The van der Waals surface area contributed by atoms with Crippen LogP contribution in [0, 0.1) is 5.92 Å². The van der Waals surface area contributed by atoms with E-state index in [1.807, 2.05) is 0 Å². The molecule has 0 aliphatic heterocycles. The van der Waals surface area contributed by atoms with Gasteiger partial charge in [-0.3, -0.25) is 9.79 Å². The number of carbonyl (C=O) groups excluding carboxylic acids is 1. The predicted molar refractivity (Wildman–Crippen MR) is 50.5 cm³/mol. The lowest BCUT2D eigenvalue weighted by molar-refractivity contribution is -0.102. The standard InChI is InChI=1S/C10H15NO/c1-8-3-5-9(6-4-8)10(7-12)11-2/h5,7-8H,3-4,6H2,1-2H3. The normalized spacial score (nSPS) is 25.0. The lowest BCUT2D eigenvalue weighted by atomic mass is 9.89. The van der Waals surface area contributed by atoms with Crippen LogP contribution >= 0.6 is 0 Å². The van der Waals surface area contributed by atoms with Crippen LogP contribution in [0.15, 0.2) is 16.6 Å².